The lowest BCUT2D eigenvalue weighted by atomic mass is 10.1. The molecule has 0 saturated heterocycles. The maximum absolute atomic E-state index is 2.37. The molecule has 0 aliphatic rings. The Morgan fingerprint density at radius 3 is 2.23 bits per heavy atom. The number of nitrogens with zero attached hydrogens (tertiary/aromatic N) is 3. The Morgan fingerprint density at radius 1 is 0.833 bits per heavy atom. The van der Waals surface area contributed by atoms with Crippen LogP contribution in [0.2, 0.25) is 0 Å². The van der Waals surface area contributed by atoms with Crippen LogP contribution in [0.4, 0.5) is 5.69 Å². The first-order chi connectivity index (χ1) is 14.1. The highest BCUT2D eigenvalue weighted by Gasteiger charge is 2.22. The summed E-state index contributed by atoms with van der Waals surface area (Å²) in [5.41, 5.74) is 6.11. The molecule has 2 heterocycles. The van der Waals surface area contributed by atoms with Crippen LogP contribution >= 0.6 is 0 Å². The van der Waals surface area contributed by atoms with Crippen molar-refractivity contribution >= 4 is 45.3 Å². The first kappa shape index (κ1) is 20.4. The fourth-order valence-corrected chi connectivity index (χ4v) is 4.18. The molecule has 30 heavy (non-hydrogen) atoms. The maximum atomic E-state index is 2.37. The number of benzene rings is 3. The van der Waals surface area contributed by atoms with E-state index in [0.29, 0.717) is 0 Å². The van der Waals surface area contributed by atoms with Crippen LogP contribution in [-0.4, -0.2) is 18.5 Å². The van der Waals surface area contributed by atoms with Gasteiger partial charge in [-0.1, -0.05) is 48.6 Å². The van der Waals surface area contributed by atoms with Crippen molar-refractivity contribution in [3.63, 3.8) is 0 Å². The van der Waals surface area contributed by atoms with Crippen LogP contribution in [0.1, 0.15) is 5.56 Å². The van der Waals surface area contributed by atoms with Crippen molar-refractivity contribution in [2.45, 2.75) is 0 Å². The van der Waals surface area contributed by atoms with Crippen LogP contribution in [0, 0.1) is 0 Å². The maximum Gasteiger partial charge on any atom is 0.295 e. The number of hydrogen-bond acceptors (Lipinski definition) is 1. The zero-order chi connectivity index (χ0) is 20.0. The summed E-state index contributed by atoms with van der Waals surface area (Å²) in [6.07, 6.45) is 6.54. The Hall–Kier alpha value is -2.86. The molecule has 150 valence electrons. The quantitative estimate of drug-likeness (QED) is 0.267. The molecule has 5 aromatic rings. The molecule has 0 N–H and O–H groups in total. The summed E-state index contributed by atoms with van der Waals surface area (Å²) in [6, 6.07) is 25.9. The normalized spacial score (nSPS) is 12.3. The second-order valence-electron chi connectivity index (χ2n) is 7.65. The number of hydrogen-bond donors (Lipinski definition) is 0. The van der Waals surface area contributed by atoms with Gasteiger partial charge in [0, 0.05) is 25.2 Å². The highest BCUT2D eigenvalue weighted by Crippen LogP contribution is 2.21. The van der Waals surface area contributed by atoms with Crippen molar-refractivity contribution in [2.24, 2.45) is 7.05 Å². The smallest absolute Gasteiger partial charge is 0.295 e. The van der Waals surface area contributed by atoms with Crippen molar-refractivity contribution in [1.29, 1.82) is 0 Å². The van der Waals surface area contributed by atoms with Gasteiger partial charge in [-0.25, -0.2) is 4.57 Å². The van der Waals surface area contributed by atoms with Gasteiger partial charge in [0.2, 0.25) is 0 Å². The molecule has 0 bridgehead atoms. The van der Waals surface area contributed by atoms with Crippen LogP contribution in [-0.2, 0) is 7.05 Å². The van der Waals surface area contributed by atoms with Gasteiger partial charge in [-0.2, -0.15) is 4.40 Å². The molecule has 5 rings (SSSR count). The van der Waals surface area contributed by atoms with Gasteiger partial charge in [-0.3, -0.25) is 0 Å². The van der Waals surface area contributed by atoms with Gasteiger partial charge in [-0.05, 0) is 48.0 Å². The summed E-state index contributed by atoms with van der Waals surface area (Å²) in [7, 11) is 6.27. The second kappa shape index (κ2) is 8.11. The summed E-state index contributed by atoms with van der Waals surface area (Å²) in [5.74, 6) is 0. The number of imidazole rings is 1. The number of aromatic nitrogens is 2. The number of aryl methyl sites for hydroxylation is 1. The largest absolute Gasteiger partial charge is 1.00 e. The van der Waals surface area contributed by atoms with Gasteiger partial charge < -0.3 is 28.9 Å². The van der Waals surface area contributed by atoms with Crippen molar-refractivity contribution in [3.05, 3.63) is 89.8 Å². The number of fused-ring (bicyclic) bond motifs is 5. The van der Waals surface area contributed by atoms with Crippen LogP contribution in [0.5, 0.6) is 0 Å². The molecule has 0 amide bonds. The minimum Gasteiger partial charge on any atom is -1.00 e. The fourth-order valence-electron chi connectivity index (χ4n) is 4.18. The minimum atomic E-state index is 0. The van der Waals surface area contributed by atoms with Crippen molar-refractivity contribution in [1.82, 2.24) is 4.40 Å². The molecule has 0 fully saturated rings. The van der Waals surface area contributed by atoms with Crippen LogP contribution in [0.15, 0.2) is 78.9 Å². The topological polar surface area (TPSA) is 11.5 Å². The molecule has 0 radical (unpaired) electrons. The Kier molecular flexibility index (Phi) is 5.52. The fraction of sp³-hybridized carbons (Fsp3) is 0.115. The predicted octanol–water partition coefficient (Wildman–Crippen LogP) is 1.35. The van der Waals surface area contributed by atoms with Gasteiger partial charge in [0.25, 0.3) is 5.65 Å². The lowest BCUT2D eigenvalue weighted by molar-refractivity contribution is -0.617. The Morgan fingerprint density at radius 2 is 1.50 bits per heavy atom. The van der Waals surface area contributed by atoms with Crippen molar-refractivity contribution < 1.29 is 28.5 Å². The van der Waals surface area contributed by atoms with E-state index in [0.717, 1.165) is 0 Å². The van der Waals surface area contributed by atoms with Crippen LogP contribution in [0.3, 0.4) is 0 Å². The van der Waals surface area contributed by atoms with Gasteiger partial charge >= 0.3 is 0 Å². The lowest BCUT2D eigenvalue weighted by Crippen LogP contribution is -3.00. The standard InChI is InChI=1S/C26H24N3.HI/c1-27(2)20-17-15-19(16-18-20)9-8-14-23-21-10-4-5-11-22(21)26-28(3)24-12-6-7-13-25(24)29(23)26;/h4-18H,1-3H3;1H/q+1;/p-1. The van der Waals surface area contributed by atoms with E-state index in [2.05, 4.69) is 126 Å². The summed E-state index contributed by atoms with van der Waals surface area (Å²) >= 11 is 0. The molecule has 0 saturated carbocycles. The molecule has 0 atom stereocenters. The summed E-state index contributed by atoms with van der Waals surface area (Å²) in [4.78, 5) is 2.11. The molecular weight excluding hydrogens is 481 g/mol. The zero-order valence-corrected chi connectivity index (χ0v) is 19.5. The molecule has 4 heteroatoms. The molecule has 0 spiro atoms. The number of halogens is 1. The van der Waals surface area contributed by atoms with E-state index in [-0.39, 0.29) is 24.0 Å². The van der Waals surface area contributed by atoms with E-state index in [9.17, 15) is 0 Å². The third kappa shape index (κ3) is 3.25. The SMILES string of the molecule is CN(C)c1ccc(C=CC=c2c3ccccc3c3n2c2ccccc2[n+]3C)cc1.[I-]. The first-order valence-electron chi connectivity index (χ1n) is 9.90. The molecule has 3 aromatic carbocycles. The van der Waals surface area contributed by atoms with Crippen molar-refractivity contribution in [3.8, 4) is 0 Å². The minimum absolute atomic E-state index is 0. The highest BCUT2D eigenvalue weighted by molar-refractivity contribution is 5.98. The first-order valence-corrected chi connectivity index (χ1v) is 9.90. The van der Waals surface area contributed by atoms with E-state index < -0.39 is 0 Å². The van der Waals surface area contributed by atoms with Gasteiger partial charge in [0.05, 0.1) is 12.4 Å². The predicted molar refractivity (Wildman–Crippen MR) is 123 cm³/mol. The summed E-state index contributed by atoms with van der Waals surface area (Å²) in [5, 5.41) is 3.77. The van der Waals surface area contributed by atoms with Gasteiger partial charge in [0.1, 0.15) is 5.35 Å². The van der Waals surface area contributed by atoms with E-state index in [1.54, 1.807) is 0 Å². The van der Waals surface area contributed by atoms with Crippen molar-refractivity contribution in [2.75, 3.05) is 19.0 Å². The third-order valence-corrected chi connectivity index (χ3v) is 5.65. The molecular formula is C26H24IN3. The molecule has 0 unspecified atom stereocenters. The van der Waals surface area contributed by atoms with Gasteiger partial charge in [0.15, 0.2) is 11.0 Å². The number of anilines is 1. The Bertz CT molecular complexity index is 1420. The van der Waals surface area contributed by atoms with Crippen LogP contribution in [0.25, 0.3) is 39.6 Å². The summed E-state index contributed by atoms with van der Waals surface area (Å²) < 4.78 is 4.66. The van der Waals surface area contributed by atoms with E-state index in [1.807, 2.05) is 0 Å². The third-order valence-electron chi connectivity index (χ3n) is 5.65. The number of rotatable bonds is 3. The lowest BCUT2D eigenvalue weighted by Gasteiger charge is -2.11. The van der Waals surface area contributed by atoms with E-state index in [1.165, 1.54) is 44.1 Å². The van der Waals surface area contributed by atoms with Gasteiger partial charge in [-0.15, -0.1) is 0 Å². The average molecular weight is 505 g/mol. The summed E-state index contributed by atoms with van der Waals surface area (Å²) in [6.45, 7) is 0. The molecule has 3 nitrogen and oxygen atoms in total. The zero-order valence-electron chi connectivity index (χ0n) is 17.4. The second-order valence-corrected chi connectivity index (χ2v) is 7.65. The number of para-hydroxylation sites is 2. The molecule has 0 aliphatic heterocycles. The number of allylic oxidation sites excluding steroid dienone is 1. The molecule has 2 aromatic heterocycles. The van der Waals surface area contributed by atoms with E-state index in [4.69, 9.17) is 0 Å². The average Bonchev–Trinajstić information content (AvgIpc) is 3.22. The Balaban J connectivity index is 0.00000218. The van der Waals surface area contributed by atoms with Crippen LogP contribution < -0.4 is 38.8 Å². The highest BCUT2D eigenvalue weighted by atomic mass is 127. The Labute approximate surface area is 193 Å². The molecule has 0 aliphatic carbocycles. The monoisotopic (exact) mass is 505 g/mol. The van der Waals surface area contributed by atoms with E-state index >= 15 is 0 Å².